The van der Waals surface area contributed by atoms with Gasteiger partial charge in [0.25, 0.3) is 0 Å². The van der Waals surface area contributed by atoms with Crippen LogP contribution < -0.4 is 5.73 Å². The minimum absolute atomic E-state index is 0.0944. The van der Waals surface area contributed by atoms with Gasteiger partial charge in [-0.2, -0.15) is 0 Å². The van der Waals surface area contributed by atoms with Gasteiger partial charge in [0.1, 0.15) is 5.82 Å². The molecular formula is C12H16FN. The molecule has 1 unspecified atom stereocenters. The molecule has 2 N–H and O–H groups in total. The van der Waals surface area contributed by atoms with Gasteiger partial charge in [0.2, 0.25) is 0 Å². The Morgan fingerprint density at radius 1 is 1.57 bits per heavy atom. The van der Waals surface area contributed by atoms with Gasteiger partial charge in [0.15, 0.2) is 0 Å². The average Bonchev–Trinajstić information content (AvgIpc) is 2.18. The van der Waals surface area contributed by atoms with E-state index >= 15 is 0 Å². The Morgan fingerprint density at radius 2 is 2.29 bits per heavy atom. The van der Waals surface area contributed by atoms with Gasteiger partial charge in [-0.25, -0.2) is 4.39 Å². The van der Waals surface area contributed by atoms with Crippen LogP contribution in [0, 0.1) is 12.7 Å². The lowest BCUT2D eigenvalue weighted by atomic mass is 10.0. The summed E-state index contributed by atoms with van der Waals surface area (Å²) in [5.74, 6) is -0.184. The molecule has 1 aromatic rings. The molecule has 1 nitrogen and oxygen atoms in total. The van der Waals surface area contributed by atoms with Gasteiger partial charge in [-0.15, -0.1) is 6.58 Å². The highest BCUT2D eigenvalue weighted by molar-refractivity contribution is 5.25. The number of hydrogen-bond acceptors (Lipinski definition) is 1. The van der Waals surface area contributed by atoms with Gasteiger partial charge < -0.3 is 5.73 Å². The fourth-order valence-electron chi connectivity index (χ4n) is 1.30. The van der Waals surface area contributed by atoms with E-state index in [2.05, 4.69) is 6.58 Å². The molecule has 1 atom stereocenters. The van der Waals surface area contributed by atoms with Crippen LogP contribution in [0.1, 0.15) is 30.0 Å². The summed E-state index contributed by atoms with van der Waals surface area (Å²) in [6.45, 7) is 5.37. The third-order valence-corrected chi connectivity index (χ3v) is 2.31. The Balaban J connectivity index is 2.75. The zero-order valence-electron chi connectivity index (χ0n) is 8.46. The Hall–Kier alpha value is -1.15. The summed E-state index contributed by atoms with van der Waals surface area (Å²) in [7, 11) is 0. The molecule has 0 aromatic heterocycles. The fraction of sp³-hybridized carbons (Fsp3) is 0.333. The first-order valence-corrected chi connectivity index (χ1v) is 4.77. The summed E-state index contributed by atoms with van der Waals surface area (Å²) in [6.07, 6.45) is 3.49. The van der Waals surface area contributed by atoms with E-state index in [1.807, 2.05) is 12.1 Å². The average molecular weight is 193 g/mol. The number of rotatable bonds is 4. The molecule has 0 bridgehead atoms. The van der Waals surface area contributed by atoms with E-state index in [0.717, 1.165) is 18.4 Å². The van der Waals surface area contributed by atoms with Crippen molar-refractivity contribution in [1.29, 1.82) is 0 Å². The van der Waals surface area contributed by atoms with E-state index in [4.69, 9.17) is 5.73 Å². The summed E-state index contributed by atoms with van der Waals surface area (Å²) in [6, 6.07) is 5.07. The van der Waals surface area contributed by atoms with Crippen LogP contribution in [0.25, 0.3) is 0 Å². The minimum atomic E-state index is -0.184. The van der Waals surface area contributed by atoms with E-state index in [0.29, 0.717) is 5.56 Å². The molecule has 0 radical (unpaired) electrons. The van der Waals surface area contributed by atoms with Crippen LogP contribution in [0.15, 0.2) is 30.9 Å². The lowest BCUT2D eigenvalue weighted by molar-refractivity contribution is 0.604. The summed E-state index contributed by atoms with van der Waals surface area (Å²) in [4.78, 5) is 0. The predicted octanol–water partition coefficient (Wildman–Crippen LogP) is 3.10. The van der Waals surface area contributed by atoms with Crippen molar-refractivity contribution in [3.05, 3.63) is 47.8 Å². The van der Waals surface area contributed by atoms with Crippen LogP contribution in [0.3, 0.4) is 0 Å². The Kier molecular flexibility index (Phi) is 3.84. The molecule has 2 heteroatoms. The van der Waals surface area contributed by atoms with E-state index in [9.17, 15) is 4.39 Å². The normalized spacial score (nSPS) is 12.5. The van der Waals surface area contributed by atoms with Crippen molar-refractivity contribution in [3.63, 3.8) is 0 Å². The summed E-state index contributed by atoms with van der Waals surface area (Å²) in [5.41, 5.74) is 7.40. The maximum Gasteiger partial charge on any atom is 0.126 e. The molecule has 0 saturated carbocycles. The number of allylic oxidation sites excluding steroid dienone is 1. The van der Waals surface area contributed by atoms with Crippen molar-refractivity contribution in [1.82, 2.24) is 0 Å². The van der Waals surface area contributed by atoms with Crippen LogP contribution in [0.5, 0.6) is 0 Å². The quantitative estimate of drug-likeness (QED) is 0.730. The van der Waals surface area contributed by atoms with Crippen molar-refractivity contribution >= 4 is 0 Å². The van der Waals surface area contributed by atoms with Crippen molar-refractivity contribution in [2.75, 3.05) is 0 Å². The molecule has 1 aromatic carbocycles. The van der Waals surface area contributed by atoms with Gasteiger partial charge in [-0.1, -0.05) is 18.2 Å². The molecular weight excluding hydrogens is 177 g/mol. The molecule has 0 fully saturated rings. The number of hydrogen-bond donors (Lipinski definition) is 1. The predicted molar refractivity (Wildman–Crippen MR) is 57.5 cm³/mol. The third kappa shape index (κ3) is 2.67. The molecule has 0 aliphatic rings. The standard InChI is InChI=1S/C12H16FN/c1-3-4-5-12(14)10-7-6-9(2)11(13)8-10/h3,6-8,12H,1,4-5,14H2,2H3. The SMILES string of the molecule is C=CCCC(N)c1ccc(C)c(F)c1. The van der Waals surface area contributed by atoms with Crippen molar-refractivity contribution in [3.8, 4) is 0 Å². The van der Waals surface area contributed by atoms with Crippen LogP contribution in [-0.2, 0) is 0 Å². The van der Waals surface area contributed by atoms with Crippen LogP contribution in [0.4, 0.5) is 4.39 Å². The zero-order chi connectivity index (χ0) is 10.6. The topological polar surface area (TPSA) is 26.0 Å². The molecule has 76 valence electrons. The summed E-state index contributed by atoms with van der Waals surface area (Å²) in [5, 5.41) is 0. The van der Waals surface area contributed by atoms with Crippen molar-refractivity contribution < 1.29 is 4.39 Å². The fourth-order valence-corrected chi connectivity index (χ4v) is 1.30. The number of nitrogens with two attached hydrogens (primary N) is 1. The Morgan fingerprint density at radius 3 is 2.86 bits per heavy atom. The van der Waals surface area contributed by atoms with Gasteiger partial charge in [-0.3, -0.25) is 0 Å². The maximum absolute atomic E-state index is 13.2. The minimum Gasteiger partial charge on any atom is -0.324 e. The number of halogens is 1. The maximum atomic E-state index is 13.2. The van der Waals surface area contributed by atoms with E-state index in [1.165, 1.54) is 6.07 Å². The largest absolute Gasteiger partial charge is 0.324 e. The Labute approximate surface area is 84.4 Å². The smallest absolute Gasteiger partial charge is 0.126 e. The molecule has 0 aliphatic heterocycles. The molecule has 0 spiro atoms. The lowest BCUT2D eigenvalue weighted by Crippen LogP contribution is -2.10. The molecule has 0 aliphatic carbocycles. The lowest BCUT2D eigenvalue weighted by Gasteiger charge is -2.11. The molecule has 0 saturated heterocycles. The number of benzene rings is 1. The Bertz CT molecular complexity index is 320. The zero-order valence-corrected chi connectivity index (χ0v) is 8.46. The monoisotopic (exact) mass is 193 g/mol. The first-order valence-electron chi connectivity index (χ1n) is 4.77. The van der Waals surface area contributed by atoms with Gasteiger partial charge in [-0.05, 0) is 37.0 Å². The van der Waals surface area contributed by atoms with E-state index in [-0.39, 0.29) is 11.9 Å². The third-order valence-electron chi connectivity index (χ3n) is 2.31. The van der Waals surface area contributed by atoms with Crippen LogP contribution in [0.2, 0.25) is 0 Å². The number of aryl methyl sites for hydroxylation is 1. The van der Waals surface area contributed by atoms with Crippen LogP contribution >= 0.6 is 0 Å². The van der Waals surface area contributed by atoms with E-state index < -0.39 is 0 Å². The molecule has 14 heavy (non-hydrogen) atoms. The molecule has 0 heterocycles. The van der Waals surface area contributed by atoms with Crippen LogP contribution in [-0.4, -0.2) is 0 Å². The van der Waals surface area contributed by atoms with Crippen molar-refractivity contribution in [2.45, 2.75) is 25.8 Å². The molecule has 1 rings (SSSR count). The first kappa shape index (κ1) is 10.9. The van der Waals surface area contributed by atoms with Crippen molar-refractivity contribution in [2.24, 2.45) is 5.73 Å². The highest BCUT2D eigenvalue weighted by Crippen LogP contribution is 2.18. The summed E-state index contributed by atoms with van der Waals surface area (Å²) >= 11 is 0. The van der Waals surface area contributed by atoms with Gasteiger partial charge in [0.05, 0.1) is 0 Å². The first-order chi connectivity index (χ1) is 6.65. The second kappa shape index (κ2) is 4.91. The summed E-state index contributed by atoms with van der Waals surface area (Å²) < 4.78 is 13.2. The highest BCUT2D eigenvalue weighted by Gasteiger charge is 2.06. The molecule has 0 amide bonds. The van der Waals surface area contributed by atoms with Gasteiger partial charge in [0, 0.05) is 6.04 Å². The van der Waals surface area contributed by atoms with E-state index in [1.54, 1.807) is 13.0 Å². The highest BCUT2D eigenvalue weighted by atomic mass is 19.1. The van der Waals surface area contributed by atoms with Gasteiger partial charge >= 0.3 is 0 Å². The second-order valence-electron chi connectivity index (χ2n) is 3.48. The second-order valence-corrected chi connectivity index (χ2v) is 3.48.